The van der Waals surface area contributed by atoms with Crippen LogP contribution in [0.5, 0.6) is 11.5 Å². The molecule has 1 N–H and O–H groups in total. The van der Waals surface area contributed by atoms with Crippen LogP contribution >= 0.6 is 0 Å². The summed E-state index contributed by atoms with van der Waals surface area (Å²) < 4.78 is 10.6. The molecule has 0 unspecified atom stereocenters. The Morgan fingerprint density at radius 1 is 1.15 bits per heavy atom. The Balaban J connectivity index is 2.03. The summed E-state index contributed by atoms with van der Waals surface area (Å²) >= 11 is 0. The van der Waals surface area contributed by atoms with E-state index in [0.29, 0.717) is 30.0 Å². The standard InChI is InChI=1S/C20H22N2O4/c1-4-21-19(23)17-11-13-7-5-6-8-16(13)22(17)20(24)15-10-9-14(25-2)12-18(15)26-3/h5-10,12,17H,4,11H2,1-3H3,(H,21,23)/t17-/m1/s1. The summed E-state index contributed by atoms with van der Waals surface area (Å²) in [4.78, 5) is 27.5. The highest BCUT2D eigenvalue weighted by Crippen LogP contribution is 2.35. The summed E-state index contributed by atoms with van der Waals surface area (Å²) in [6.45, 7) is 2.37. The van der Waals surface area contributed by atoms with E-state index in [0.717, 1.165) is 11.3 Å². The van der Waals surface area contributed by atoms with E-state index in [1.54, 1.807) is 30.2 Å². The minimum Gasteiger partial charge on any atom is -0.497 e. The number of anilines is 1. The molecule has 1 aliphatic rings. The first-order valence-corrected chi connectivity index (χ1v) is 8.51. The lowest BCUT2D eigenvalue weighted by molar-refractivity contribution is -0.122. The SMILES string of the molecule is CCNC(=O)[C@H]1Cc2ccccc2N1C(=O)c1ccc(OC)cc1OC. The van der Waals surface area contributed by atoms with Crippen molar-refractivity contribution in [1.29, 1.82) is 0 Å². The first kappa shape index (κ1) is 17.8. The van der Waals surface area contributed by atoms with E-state index >= 15 is 0 Å². The van der Waals surface area contributed by atoms with Gasteiger partial charge in [0.1, 0.15) is 17.5 Å². The van der Waals surface area contributed by atoms with Gasteiger partial charge in [0.05, 0.1) is 19.8 Å². The van der Waals surface area contributed by atoms with Gasteiger partial charge in [-0.15, -0.1) is 0 Å². The molecule has 1 aliphatic heterocycles. The fourth-order valence-corrected chi connectivity index (χ4v) is 3.24. The van der Waals surface area contributed by atoms with Crippen LogP contribution < -0.4 is 19.7 Å². The van der Waals surface area contributed by atoms with Crippen molar-refractivity contribution in [3.8, 4) is 11.5 Å². The molecule has 26 heavy (non-hydrogen) atoms. The Morgan fingerprint density at radius 2 is 1.92 bits per heavy atom. The molecule has 136 valence electrons. The summed E-state index contributed by atoms with van der Waals surface area (Å²) in [5.41, 5.74) is 2.12. The predicted octanol–water partition coefficient (Wildman–Crippen LogP) is 2.41. The van der Waals surface area contributed by atoms with Gasteiger partial charge < -0.3 is 14.8 Å². The van der Waals surface area contributed by atoms with Crippen molar-refractivity contribution in [2.24, 2.45) is 0 Å². The number of nitrogens with one attached hydrogen (secondary N) is 1. The van der Waals surface area contributed by atoms with Crippen LogP contribution in [0.2, 0.25) is 0 Å². The number of benzene rings is 2. The number of hydrogen-bond donors (Lipinski definition) is 1. The number of fused-ring (bicyclic) bond motifs is 1. The zero-order chi connectivity index (χ0) is 18.7. The maximum atomic E-state index is 13.3. The number of para-hydroxylation sites is 1. The van der Waals surface area contributed by atoms with Crippen LogP contribution in [0.3, 0.4) is 0 Å². The molecule has 0 fully saturated rings. The largest absolute Gasteiger partial charge is 0.497 e. The fourth-order valence-electron chi connectivity index (χ4n) is 3.24. The number of rotatable bonds is 5. The van der Waals surface area contributed by atoms with Crippen LogP contribution in [0.15, 0.2) is 42.5 Å². The Labute approximate surface area is 152 Å². The molecule has 0 radical (unpaired) electrons. The van der Waals surface area contributed by atoms with Crippen molar-refractivity contribution in [3.63, 3.8) is 0 Å². The predicted molar refractivity (Wildman–Crippen MR) is 99.0 cm³/mol. The van der Waals surface area contributed by atoms with E-state index in [1.165, 1.54) is 7.11 Å². The average molecular weight is 354 g/mol. The van der Waals surface area contributed by atoms with Gasteiger partial charge in [0.15, 0.2) is 0 Å². The average Bonchev–Trinajstić information content (AvgIpc) is 3.06. The zero-order valence-corrected chi connectivity index (χ0v) is 15.1. The van der Waals surface area contributed by atoms with Crippen LogP contribution in [-0.4, -0.2) is 38.6 Å². The zero-order valence-electron chi connectivity index (χ0n) is 15.1. The van der Waals surface area contributed by atoms with Crippen LogP contribution in [-0.2, 0) is 11.2 Å². The molecule has 6 nitrogen and oxygen atoms in total. The minimum absolute atomic E-state index is 0.162. The maximum Gasteiger partial charge on any atom is 0.262 e. The molecule has 0 bridgehead atoms. The van der Waals surface area contributed by atoms with Crippen molar-refractivity contribution in [2.45, 2.75) is 19.4 Å². The summed E-state index contributed by atoms with van der Waals surface area (Å²) in [6, 6.07) is 12.0. The molecule has 0 aromatic heterocycles. The third-order valence-corrected chi connectivity index (χ3v) is 4.49. The molecule has 1 atom stereocenters. The second kappa shape index (κ2) is 7.47. The quantitative estimate of drug-likeness (QED) is 0.895. The summed E-state index contributed by atoms with van der Waals surface area (Å²) in [6.07, 6.45) is 0.492. The summed E-state index contributed by atoms with van der Waals surface area (Å²) in [5, 5.41) is 2.82. The van der Waals surface area contributed by atoms with Crippen molar-refractivity contribution in [3.05, 3.63) is 53.6 Å². The van der Waals surface area contributed by atoms with Gasteiger partial charge in [-0.2, -0.15) is 0 Å². The molecule has 2 amide bonds. The second-order valence-corrected chi connectivity index (χ2v) is 5.98. The van der Waals surface area contributed by atoms with Crippen molar-refractivity contribution < 1.29 is 19.1 Å². The molecule has 2 aromatic rings. The van der Waals surface area contributed by atoms with E-state index in [2.05, 4.69) is 5.32 Å². The van der Waals surface area contributed by atoms with Gasteiger partial charge >= 0.3 is 0 Å². The van der Waals surface area contributed by atoms with Crippen molar-refractivity contribution in [2.75, 3.05) is 25.7 Å². The van der Waals surface area contributed by atoms with Crippen molar-refractivity contribution in [1.82, 2.24) is 5.32 Å². The van der Waals surface area contributed by atoms with Crippen LogP contribution in [0.4, 0.5) is 5.69 Å². The molecule has 0 aliphatic carbocycles. The molecular formula is C20H22N2O4. The second-order valence-electron chi connectivity index (χ2n) is 5.98. The Morgan fingerprint density at radius 3 is 2.62 bits per heavy atom. The van der Waals surface area contributed by atoms with E-state index in [1.807, 2.05) is 31.2 Å². The van der Waals surface area contributed by atoms with Crippen LogP contribution in [0.25, 0.3) is 0 Å². The number of methoxy groups -OCH3 is 2. The number of likely N-dealkylation sites (N-methyl/N-ethyl adjacent to an activating group) is 1. The lowest BCUT2D eigenvalue weighted by atomic mass is 10.1. The Kier molecular flexibility index (Phi) is 5.11. The monoisotopic (exact) mass is 354 g/mol. The molecule has 0 saturated heterocycles. The lowest BCUT2D eigenvalue weighted by Crippen LogP contribution is -2.48. The molecule has 0 spiro atoms. The fraction of sp³-hybridized carbons (Fsp3) is 0.300. The van der Waals surface area contributed by atoms with E-state index < -0.39 is 6.04 Å². The van der Waals surface area contributed by atoms with Gasteiger partial charge in [-0.3, -0.25) is 14.5 Å². The van der Waals surface area contributed by atoms with Crippen molar-refractivity contribution >= 4 is 17.5 Å². The lowest BCUT2D eigenvalue weighted by Gasteiger charge is -2.25. The summed E-state index contributed by atoms with van der Waals surface area (Å²) in [7, 11) is 3.06. The van der Waals surface area contributed by atoms with Crippen LogP contribution in [0.1, 0.15) is 22.8 Å². The molecule has 2 aromatic carbocycles. The maximum absolute atomic E-state index is 13.3. The van der Waals surface area contributed by atoms with Gasteiger partial charge in [0.25, 0.3) is 5.91 Å². The van der Waals surface area contributed by atoms with Crippen LogP contribution in [0, 0.1) is 0 Å². The Hall–Kier alpha value is -3.02. The van der Waals surface area contributed by atoms with E-state index in [4.69, 9.17) is 9.47 Å². The number of nitrogens with zero attached hydrogens (tertiary/aromatic N) is 1. The third-order valence-electron chi connectivity index (χ3n) is 4.49. The summed E-state index contributed by atoms with van der Waals surface area (Å²) in [5.74, 6) is 0.573. The number of carbonyl (C=O) groups excluding carboxylic acids is 2. The highest BCUT2D eigenvalue weighted by molar-refractivity contribution is 6.13. The number of amides is 2. The topological polar surface area (TPSA) is 67.9 Å². The highest BCUT2D eigenvalue weighted by Gasteiger charge is 2.39. The van der Waals surface area contributed by atoms with Gasteiger partial charge in [-0.05, 0) is 30.7 Å². The normalized spacial score (nSPS) is 15.3. The highest BCUT2D eigenvalue weighted by atomic mass is 16.5. The van der Waals surface area contributed by atoms with E-state index in [9.17, 15) is 9.59 Å². The van der Waals surface area contributed by atoms with Gasteiger partial charge in [0, 0.05) is 24.7 Å². The number of carbonyl (C=O) groups is 2. The first-order chi connectivity index (χ1) is 12.6. The molecule has 3 rings (SSSR count). The Bertz CT molecular complexity index is 834. The molecule has 0 saturated carbocycles. The molecular weight excluding hydrogens is 332 g/mol. The third kappa shape index (κ3) is 3.10. The first-order valence-electron chi connectivity index (χ1n) is 8.51. The molecule has 1 heterocycles. The molecule has 6 heteroatoms. The van der Waals surface area contributed by atoms with Gasteiger partial charge in [-0.1, -0.05) is 18.2 Å². The minimum atomic E-state index is -0.577. The number of ether oxygens (including phenoxy) is 2. The van der Waals surface area contributed by atoms with Gasteiger partial charge in [-0.25, -0.2) is 0 Å². The van der Waals surface area contributed by atoms with E-state index in [-0.39, 0.29) is 11.8 Å². The van der Waals surface area contributed by atoms with Gasteiger partial charge in [0.2, 0.25) is 5.91 Å². The smallest absolute Gasteiger partial charge is 0.262 e. The number of hydrogen-bond acceptors (Lipinski definition) is 4.